The Bertz CT molecular complexity index is 487. The number of aromatic amines is 1. The van der Waals surface area contributed by atoms with Gasteiger partial charge >= 0.3 is 0 Å². The summed E-state index contributed by atoms with van der Waals surface area (Å²) in [4.78, 5) is 5.68. The lowest BCUT2D eigenvalue weighted by Gasteiger charge is -2.18. The lowest BCUT2D eigenvalue weighted by molar-refractivity contribution is 0.321. The van der Waals surface area contributed by atoms with Gasteiger partial charge in [0.05, 0.1) is 0 Å². The van der Waals surface area contributed by atoms with Gasteiger partial charge in [0, 0.05) is 37.4 Å². The highest BCUT2D eigenvalue weighted by molar-refractivity contribution is 5.82. The van der Waals surface area contributed by atoms with Crippen LogP contribution in [0.15, 0.2) is 30.5 Å². The van der Waals surface area contributed by atoms with Gasteiger partial charge in [-0.1, -0.05) is 32.0 Å². The summed E-state index contributed by atoms with van der Waals surface area (Å²) < 4.78 is 0. The maximum absolute atomic E-state index is 3.44. The third-order valence-electron chi connectivity index (χ3n) is 3.16. The average Bonchev–Trinajstić information content (AvgIpc) is 2.77. The van der Waals surface area contributed by atoms with E-state index in [0.29, 0.717) is 6.04 Å². The van der Waals surface area contributed by atoms with Gasteiger partial charge in [0.25, 0.3) is 0 Å². The molecule has 3 heteroatoms. The molecule has 1 aromatic heterocycles. The van der Waals surface area contributed by atoms with E-state index in [1.807, 2.05) is 6.20 Å². The zero-order valence-corrected chi connectivity index (χ0v) is 11.5. The van der Waals surface area contributed by atoms with Gasteiger partial charge in [0.1, 0.15) is 0 Å². The van der Waals surface area contributed by atoms with Crippen molar-refractivity contribution in [3.8, 4) is 0 Å². The molecular weight excluding hydrogens is 222 g/mol. The van der Waals surface area contributed by atoms with Crippen molar-refractivity contribution in [1.82, 2.24) is 15.2 Å². The van der Waals surface area contributed by atoms with Crippen LogP contribution in [0.2, 0.25) is 0 Å². The zero-order valence-electron chi connectivity index (χ0n) is 11.5. The van der Waals surface area contributed by atoms with Crippen LogP contribution in [0.1, 0.15) is 19.4 Å². The molecule has 0 bridgehead atoms. The van der Waals surface area contributed by atoms with Crippen molar-refractivity contribution >= 4 is 10.9 Å². The van der Waals surface area contributed by atoms with Gasteiger partial charge in [0.15, 0.2) is 0 Å². The van der Waals surface area contributed by atoms with Crippen LogP contribution in [0.4, 0.5) is 0 Å². The number of H-pyrrole nitrogens is 1. The molecule has 0 atom stereocenters. The topological polar surface area (TPSA) is 31.1 Å². The molecule has 0 saturated heterocycles. The smallest absolute Gasteiger partial charge is 0.0499 e. The highest BCUT2D eigenvalue weighted by atomic mass is 15.1. The number of nitrogens with one attached hydrogen (secondary N) is 2. The number of hydrogen-bond acceptors (Lipinski definition) is 2. The van der Waals surface area contributed by atoms with Crippen LogP contribution in [-0.4, -0.2) is 36.1 Å². The van der Waals surface area contributed by atoms with Gasteiger partial charge in [-0.05, 0) is 24.1 Å². The summed E-state index contributed by atoms with van der Waals surface area (Å²) in [6, 6.07) is 9.16. The number of rotatable bonds is 6. The summed E-state index contributed by atoms with van der Waals surface area (Å²) in [7, 11) is 2.17. The normalized spacial score (nSPS) is 11.8. The van der Waals surface area contributed by atoms with Crippen LogP contribution in [0, 0.1) is 0 Å². The Morgan fingerprint density at radius 2 is 2.11 bits per heavy atom. The molecule has 2 rings (SSSR count). The van der Waals surface area contributed by atoms with Crippen molar-refractivity contribution < 1.29 is 0 Å². The van der Waals surface area contributed by atoms with E-state index in [2.05, 4.69) is 60.4 Å². The van der Waals surface area contributed by atoms with Crippen molar-refractivity contribution in [3.63, 3.8) is 0 Å². The molecule has 1 aromatic carbocycles. The second-order valence-corrected chi connectivity index (χ2v) is 5.21. The molecule has 0 amide bonds. The number of aromatic nitrogens is 1. The van der Waals surface area contributed by atoms with Crippen LogP contribution in [0.25, 0.3) is 10.9 Å². The summed E-state index contributed by atoms with van der Waals surface area (Å²) >= 11 is 0. The number of hydrogen-bond donors (Lipinski definition) is 2. The summed E-state index contributed by atoms with van der Waals surface area (Å²) in [5.41, 5.74) is 2.63. The number of para-hydroxylation sites is 1. The Labute approximate surface area is 109 Å². The molecule has 0 fully saturated rings. The standard InChI is InChI=1S/C15H23N3/c1-12(2)16-9-10-18(3)11-14-6-4-5-13-7-8-17-15(13)14/h4-8,12,16-17H,9-11H2,1-3H3. The molecule has 0 unspecified atom stereocenters. The first-order chi connectivity index (χ1) is 8.66. The molecule has 98 valence electrons. The minimum atomic E-state index is 0.560. The fraction of sp³-hybridized carbons (Fsp3) is 0.467. The van der Waals surface area contributed by atoms with Crippen LogP contribution < -0.4 is 5.32 Å². The number of nitrogens with zero attached hydrogens (tertiary/aromatic N) is 1. The quantitative estimate of drug-likeness (QED) is 0.819. The van der Waals surface area contributed by atoms with E-state index in [9.17, 15) is 0 Å². The minimum absolute atomic E-state index is 0.560. The number of benzene rings is 1. The maximum Gasteiger partial charge on any atom is 0.0499 e. The predicted molar refractivity (Wildman–Crippen MR) is 77.8 cm³/mol. The Balaban J connectivity index is 1.94. The first kappa shape index (κ1) is 13.1. The van der Waals surface area contributed by atoms with Crippen molar-refractivity contribution in [1.29, 1.82) is 0 Å². The molecule has 1 heterocycles. The number of fused-ring (bicyclic) bond motifs is 1. The van der Waals surface area contributed by atoms with E-state index in [-0.39, 0.29) is 0 Å². The third kappa shape index (κ3) is 3.34. The monoisotopic (exact) mass is 245 g/mol. The van der Waals surface area contributed by atoms with Crippen molar-refractivity contribution in [2.75, 3.05) is 20.1 Å². The summed E-state index contributed by atoms with van der Waals surface area (Å²) in [6.45, 7) is 7.45. The molecule has 0 aliphatic carbocycles. The molecule has 0 radical (unpaired) electrons. The molecule has 0 spiro atoms. The van der Waals surface area contributed by atoms with Crippen LogP contribution in [-0.2, 0) is 6.54 Å². The van der Waals surface area contributed by atoms with E-state index < -0.39 is 0 Å². The molecule has 0 aliphatic rings. The van der Waals surface area contributed by atoms with Crippen LogP contribution in [0.3, 0.4) is 0 Å². The maximum atomic E-state index is 3.44. The van der Waals surface area contributed by atoms with Gasteiger partial charge in [0.2, 0.25) is 0 Å². The van der Waals surface area contributed by atoms with Crippen molar-refractivity contribution in [2.45, 2.75) is 26.4 Å². The van der Waals surface area contributed by atoms with Crippen molar-refractivity contribution in [3.05, 3.63) is 36.0 Å². The van der Waals surface area contributed by atoms with Gasteiger partial charge in [-0.15, -0.1) is 0 Å². The summed E-state index contributed by atoms with van der Waals surface area (Å²) in [5.74, 6) is 0. The molecule has 0 aliphatic heterocycles. The number of likely N-dealkylation sites (N-methyl/N-ethyl adjacent to an activating group) is 1. The first-order valence-corrected chi connectivity index (χ1v) is 6.63. The average molecular weight is 245 g/mol. The van der Waals surface area contributed by atoms with E-state index in [1.165, 1.54) is 16.5 Å². The second kappa shape index (κ2) is 6.03. The Hall–Kier alpha value is -1.32. The van der Waals surface area contributed by atoms with E-state index in [0.717, 1.165) is 19.6 Å². The molecule has 18 heavy (non-hydrogen) atoms. The zero-order chi connectivity index (χ0) is 13.0. The predicted octanol–water partition coefficient (Wildman–Crippen LogP) is 2.60. The SMILES string of the molecule is CC(C)NCCN(C)Cc1cccc2cc[nH]c12. The summed E-state index contributed by atoms with van der Waals surface area (Å²) in [6.07, 6.45) is 2.01. The van der Waals surface area contributed by atoms with Gasteiger partial charge in [-0.2, -0.15) is 0 Å². The van der Waals surface area contributed by atoms with Crippen LogP contribution >= 0.6 is 0 Å². The van der Waals surface area contributed by atoms with Gasteiger partial charge < -0.3 is 15.2 Å². The molecular formula is C15H23N3. The largest absolute Gasteiger partial charge is 0.361 e. The minimum Gasteiger partial charge on any atom is -0.361 e. The molecule has 3 nitrogen and oxygen atoms in total. The van der Waals surface area contributed by atoms with Gasteiger partial charge in [-0.25, -0.2) is 0 Å². The molecule has 2 N–H and O–H groups in total. The van der Waals surface area contributed by atoms with Gasteiger partial charge in [-0.3, -0.25) is 0 Å². The fourth-order valence-corrected chi connectivity index (χ4v) is 2.20. The lowest BCUT2D eigenvalue weighted by Crippen LogP contribution is -2.32. The van der Waals surface area contributed by atoms with E-state index in [1.54, 1.807) is 0 Å². The highest BCUT2D eigenvalue weighted by Crippen LogP contribution is 2.17. The first-order valence-electron chi connectivity index (χ1n) is 6.63. The molecule has 0 saturated carbocycles. The van der Waals surface area contributed by atoms with E-state index >= 15 is 0 Å². The third-order valence-corrected chi connectivity index (χ3v) is 3.16. The molecule has 2 aromatic rings. The fourth-order valence-electron chi connectivity index (χ4n) is 2.20. The summed E-state index contributed by atoms with van der Waals surface area (Å²) in [5, 5.41) is 4.74. The Morgan fingerprint density at radius 3 is 2.89 bits per heavy atom. The Kier molecular flexibility index (Phi) is 4.39. The Morgan fingerprint density at radius 1 is 1.28 bits per heavy atom. The second-order valence-electron chi connectivity index (χ2n) is 5.21. The van der Waals surface area contributed by atoms with Crippen molar-refractivity contribution in [2.24, 2.45) is 0 Å². The van der Waals surface area contributed by atoms with E-state index in [4.69, 9.17) is 0 Å². The highest BCUT2D eigenvalue weighted by Gasteiger charge is 2.05. The lowest BCUT2D eigenvalue weighted by atomic mass is 10.1. The van der Waals surface area contributed by atoms with Crippen LogP contribution in [0.5, 0.6) is 0 Å².